The van der Waals surface area contributed by atoms with E-state index in [2.05, 4.69) is 0 Å². The number of rotatable bonds is 10. The smallest absolute Gasteiger partial charge is 0.151 e. The third-order valence-corrected chi connectivity index (χ3v) is 2.84. The number of carbonyl (C=O) groups excluding carboxylic acids is 2. The third kappa shape index (κ3) is 11.5. The second-order valence-corrected chi connectivity index (χ2v) is 4.72. The van der Waals surface area contributed by atoms with Gasteiger partial charge in [0, 0.05) is 0 Å². The Bertz CT molecular complexity index is 310. The van der Waals surface area contributed by atoms with Gasteiger partial charge in [0.2, 0.25) is 0 Å². The molecule has 0 bridgehead atoms. The number of aliphatic hydroxyl groups excluding tert-OH is 10. The summed E-state index contributed by atoms with van der Waals surface area (Å²) in [5, 5.41) is 87.1. The summed E-state index contributed by atoms with van der Waals surface area (Å²) in [6, 6.07) is 0. The Morgan fingerprint density at radius 3 is 0.923 bits per heavy atom. The van der Waals surface area contributed by atoms with Crippen molar-refractivity contribution in [1.82, 2.24) is 0 Å². The first-order valence-electron chi connectivity index (χ1n) is 6.65. The molecule has 26 heavy (non-hydrogen) atoms. The van der Waals surface area contributed by atoms with Crippen LogP contribution in [0.1, 0.15) is 0 Å². The minimum absolute atomic E-state index is 0. The van der Waals surface area contributed by atoms with Gasteiger partial charge in [0.1, 0.15) is 48.8 Å². The lowest BCUT2D eigenvalue weighted by atomic mass is 10.0. The van der Waals surface area contributed by atoms with Crippen molar-refractivity contribution in [2.45, 2.75) is 48.8 Å². The van der Waals surface area contributed by atoms with Crippen molar-refractivity contribution in [1.29, 1.82) is 0 Å². The number of carbonyl (C=O) groups is 2. The molecule has 0 heterocycles. The third-order valence-electron chi connectivity index (χ3n) is 2.84. The average Bonchev–Trinajstić information content (AvgIpc) is 2.62. The average molecular weight is 396 g/mol. The number of hydrogen-bond donors (Lipinski definition) is 10. The summed E-state index contributed by atoms with van der Waals surface area (Å²) in [5.74, 6) is 0. The Morgan fingerprint density at radius 1 is 0.538 bits per heavy atom. The molecule has 0 amide bonds. The summed E-state index contributed by atoms with van der Waals surface area (Å²) in [5.41, 5.74) is 0. The fourth-order valence-corrected chi connectivity index (χ4v) is 1.24. The molecule has 0 aromatic heterocycles. The normalized spacial score (nSPS) is 19.5. The van der Waals surface area contributed by atoms with E-state index in [0.29, 0.717) is 0 Å². The fraction of sp³-hybridized carbons (Fsp3) is 0.833. The van der Waals surface area contributed by atoms with Gasteiger partial charge >= 0.3 is 0 Å². The molecule has 8 atom stereocenters. The maximum absolute atomic E-state index is 9.90. The van der Waals surface area contributed by atoms with Crippen molar-refractivity contribution >= 4 is 12.6 Å². The fourth-order valence-electron chi connectivity index (χ4n) is 1.24. The van der Waals surface area contributed by atoms with Gasteiger partial charge in [0.15, 0.2) is 12.6 Å². The number of aldehydes is 2. The summed E-state index contributed by atoms with van der Waals surface area (Å²) in [6.45, 7) is -1.52. The molecule has 0 aliphatic rings. The van der Waals surface area contributed by atoms with Crippen molar-refractivity contribution < 1.29 is 71.6 Å². The SMILES string of the molecule is O.O.O=C[C@@H](O)[C@H](O)[C@@H](O)[C@@H](O)CO.O=C[C@@H](O)[C@H](O)[C@@H](O)[C@@H](O)CO. The number of hydrogen-bond acceptors (Lipinski definition) is 12. The quantitative estimate of drug-likeness (QED) is 0.154. The highest BCUT2D eigenvalue weighted by atomic mass is 16.4. The summed E-state index contributed by atoms with van der Waals surface area (Å²) in [6.07, 6.45) is -13.7. The van der Waals surface area contributed by atoms with Gasteiger partial charge in [-0.2, -0.15) is 0 Å². The summed E-state index contributed by atoms with van der Waals surface area (Å²) < 4.78 is 0. The Balaban J connectivity index is -0.000000173. The lowest BCUT2D eigenvalue weighted by Crippen LogP contribution is -2.46. The van der Waals surface area contributed by atoms with Crippen LogP contribution in [0.15, 0.2) is 0 Å². The molecule has 160 valence electrons. The van der Waals surface area contributed by atoms with E-state index in [9.17, 15) is 9.59 Å². The van der Waals surface area contributed by atoms with Crippen LogP contribution < -0.4 is 0 Å². The molecule has 0 aliphatic carbocycles. The van der Waals surface area contributed by atoms with Crippen LogP contribution in [0.25, 0.3) is 0 Å². The maximum Gasteiger partial charge on any atom is 0.151 e. The monoisotopic (exact) mass is 396 g/mol. The Labute approximate surface area is 147 Å². The zero-order valence-electron chi connectivity index (χ0n) is 13.5. The van der Waals surface area contributed by atoms with Gasteiger partial charge in [0.25, 0.3) is 0 Å². The predicted molar refractivity (Wildman–Crippen MR) is 81.6 cm³/mol. The van der Waals surface area contributed by atoms with E-state index in [1.54, 1.807) is 0 Å². The van der Waals surface area contributed by atoms with Gasteiger partial charge in [-0.1, -0.05) is 0 Å². The predicted octanol–water partition coefficient (Wildman–Crippen LogP) is -8.41. The van der Waals surface area contributed by atoms with Crippen molar-refractivity contribution in [3.05, 3.63) is 0 Å². The molecule has 0 spiro atoms. The molecule has 0 saturated carbocycles. The van der Waals surface area contributed by atoms with E-state index in [1.807, 2.05) is 0 Å². The van der Waals surface area contributed by atoms with E-state index in [4.69, 9.17) is 51.1 Å². The zero-order valence-corrected chi connectivity index (χ0v) is 13.5. The highest BCUT2D eigenvalue weighted by Gasteiger charge is 2.30. The molecule has 14 heteroatoms. The molecule has 0 saturated heterocycles. The van der Waals surface area contributed by atoms with Crippen LogP contribution in [0, 0.1) is 0 Å². The molecular formula is C12H28O14. The molecule has 14 nitrogen and oxygen atoms in total. The first-order valence-corrected chi connectivity index (χ1v) is 6.65. The Hall–Kier alpha value is -1.14. The van der Waals surface area contributed by atoms with Crippen LogP contribution in [0.2, 0.25) is 0 Å². The van der Waals surface area contributed by atoms with Crippen LogP contribution in [0.3, 0.4) is 0 Å². The Kier molecular flexibility index (Phi) is 21.6. The minimum Gasteiger partial charge on any atom is -0.412 e. The van der Waals surface area contributed by atoms with Gasteiger partial charge in [-0.25, -0.2) is 0 Å². The van der Waals surface area contributed by atoms with Gasteiger partial charge in [0.05, 0.1) is 13.2 Å². The topological polar surface area (TPSA) is 299 Å². The minimum atomic E-state index is -1.79. The molecule has 0 aliphatic heterocycles. The number of aliphatic hydroxyl groups is 10. The second kappa shape index (κ2) is 17.3. The van der Waals surface area contributed by atoms with E-state index < -0.39 is 62.0 Å². The van der Waals surface area contributed by atoms with Crippen LogP contribution in [-0.2, 0) is 9.59 Å². The van der Waals surface area contributed by atoms with Crippen LogP contribution >= 0.6 is 0 Å². The van der Waals surface area contributed by atoms with Crippen molar-refractivity contribution in [3.63, 3.8) is 0 Å². The summed E-state index contributed by atoms with van der Waals surface area (Å²) >= 11 is 0. The van der Waals surface area contributed by atoms with Crippen LogP contribution in [0.4, 0.5) is 0 Å². The van der Waals surface area contributed by atoms with Gasteiger partial charge in [-0.3, -0.25) is 0 Å². The summed E-state index contributed by atoms with van der Waals surface area (Å²) in [4.78, 5) is 19.8. The summed E-state index contributed by atoms with van der Waals surface area (Å²) in [7, 11) is 0. The molecule has 0 radical (unpaired) electrons. The highest BCUT2D eigenvalue weighted by molar-refractivity contribution is 5.57. The lowest BCUT2D eigenvalue weighted by Gasteiger charge is -2.22. The van der Waals surface area contributed by atoms with E-state index >= 15 is 0 Å². The highest BCUT2D eigenvalue weighted by Crippen LogP contribution is 2.03. The molecule has 14 N–H and O–H groups in total. The molecule has 0 fully saturated rings. The lowest BCUT2D eigenvalue weighted by molar-refractivity contribution is -0.136. The van der Waals surface area contributed by atoms with Crippen LogP contribution in [-0.4, -0.2) is 137 Å². The standard InChI is InChI=1S/2C6H12O6.2H2O/c2*7-1-3(9)5(11)6(12)4(10)2-8;;/h2*1,3-6,8-12H,2H2;2*1H2/t2*3-,4+,5+,6+;;/m11../s1. The van der Waals surface area contributed by atoms with Crippen molar-refractivity contribution in [2.24, 2.45) is 0 Å². The molecule has 0 aromatic carbocycles. The van der Waals surface area contributed by atoms with Crippen molar-refractivity contribution in [2.75, 3.05) is 13.2 Å². The second-order valence-electron chi connectivity index (χ2n) is 4.72. The van der Waals surface area contributed by atoms with Crippen LogP contribution in [0.5, 0.6) is 0 Å². The van der Waals surface area contributed by atoms with E-state index in [-0.39, 0.29) is 23.5 Å². The molecular weight excluding hydrogens is 368 g/mol. The van der Waals surface area contributed by atoms with Crippen molar-refractivity contribution in [3.8, 4) is 0 Å². The van der Waals surface area contributed by atoms with E-state index in [0.717, 1.165) is 0 Å². The van der Waals surface area contributed by atoms with E-state index in [1.165, 1.54) is 0 Å². The maximum atomic E-state index is 9.90. The molecule has 0 unspecified atom stereocenters. The Morgan fingerprint density at radius 2 is 0.769 bits per heavy atom. The van der Waals surface area contributed by atoms with Gasteiger partial charge in [-0.15, -0.1) is 0 Å². The zero-order chi connectivity index (χ0) is 19.4. The van der Waals surface area contributed by atoms with Gasteiger partial charge in [-0.05, 0) is 0 Å². The molecule has 0 aromatic rings. The van der Waals surface area contributed by atoms with Gasteiger partial charge < -0.3 is 71.6 Å². The first kappa shape index (κ1) is 32.5. The largest absolute Gasteiger partial charge is 0.412 e. The molecule has 0 rings (SSSR count). The first-order chi connectivity index (χ1) is 11.1.